The molecule has 0 amide bonds. The van der Waals surface area contributed by atoms with Gasteiger partial charge in [-0.1, -0.05) is 310 Å². The summed E-state index contributed by atoms with van der Waals surface area (Å²) >= 11 is 0. The third-order valence-corrected chi connectivity index (χ3v) is 18.9. The van der Waals surface area contributed by atoms with Gasteiger partial charge in [-0.2, -0.15) is 0 Å². The van der Waals surface area contributed by atoms with Crippen LogP contribution in [-0.4, -0.2) is 95.9 Å². The van der Waals surface area contributed by atoms with Crippen molar-refractivity contribution in [1.82, 2.24) is 0 Å². The second-order valence-corrected chi connectivity index (χ2v) is 29.7. The maximum Gasteiger partial charge on any atom is 0.472 e. The first-order valence-corrected chi connectivity index (χ1v) is 43.2. The van der Waals surface area contributed by atoms with Gasteiger partial charge in [-0.15, -0.1) is 0 Å². The van der Waals surface area contributed by atoms with Gasteiger partial charge in [0.25, 0.3) is 0 Å². The van der Waals surface area contributed by atoms with E-state index in [9.17, 15) is 43.5 Å². The molecule has 0 aromatic rings. The van der Waals surface area contributed by atoms with E-state index >= 15 is 0 Å². The number of rotatable bonds is 76. The highest BCUT2D eigenvalue weighted by atomic mass is 31.2. The molecule has 0 saturated carbocycles. The summed E-state index contributed by atoms with van der Waals surface area (Å²) in [5, 5.41) is 20.6. The van der Waals surface area contributed by atoms with E-state index in [-0.39, 0.29) is 19.3 Å². The summed E-state index contributed by atoms with van der Waals surface area (Å²) in [4.78, 5) is 58.5. The van der Waals surface area contributed by atoms with Crippen LogP contribution in [0, 0.1) is 0 Å². The number of carbonyl (C=O) groups excluding carboxylic acids is 3. The van der Waals surface area contributed by atoms with Gasteiger partial charge in [0.05, 0.1) is 26.4 Å². The molecule has 0 aliphatic rings. The van der Waals surface area contributed by atoms with Crippen molar-refractivity contribution < 1.29 is 75.8 Å². The summed E-state index contributed by atoms with van der Waals surface area (Å²) < 4.78 is 61.0. The molecule has 0 spiro atoms. The Hall–Kier alpha value is -3.79. The van der Waals surface area contributed by atoms with Crippen molar-refractivity contribution in [2.45, 2.75) is 360 Å². The zero-order valence-corrected chi connectivity index (χ0v) is 65.6. The minimum Gasteiger partial charge on any atom is -0.463 e. The van der Waals surface area contributed by atoms with Crippen molar-refractivity contribution in [3.8, 4) is 0 Å². The molecule has 0 aliphatic carbocycles. The van der Waals surface area contributed by atoms with Gasteiger partial charge in [0.2, 0.25) is 0 Å². The first-order chi connectivity index (χ1) is 49.2. The summed E-state index contributed by atoms with van der Waals surface area (Å²) in [5.41, 5.74) is 0. The Bertz CT molecular complexity index is 2270. The highest BCUT2D eigenvalue weighted by molar-refractivity contribution is 7.47. The smallest absolute Gasteiger partial charge is 0.463 e. The SMILES string of the molecule is CC/C=C\C/C=C\C/C=C\C/C=C\CCCCCCCCC(=O)OCC(COP(=O)(O)OCC(O)COP(=O)(O)OCC(O)COC(=O)CCCCCCCCCCCCCCCCCCCCC/C=C\C/C=C\C/C=C\C/C=C\CCCCC)OC(=O)CCCCCCC/C=C\CCCC. The molecule has 0 radical (unpaired) electrons. The van der Waals surface area contributed by atoms with Crippen LogP contribution in [0.4, 0.5) is 0 Å². The van der Waals surface area contributed by atoms with E-state index in [1.54, 1.807) is 0 Å². The number of aliphatic hydroxyl groups excluding tert-OH is 2. The van der Waals surface area contributed by atoms with E-state index < -0.39 is 91.5 Å². The van der Waals surface area contributed by atoms with Gasteiger partial charge in [0.1, 0.15) is 25.4 Å². The first-order valence-electron chi connectivity index (χ1n) is 40.2. The molecule has 4 N–H and O–H groups in total. The van der Waals surface area contributed by atoms with Crippen LogP contribution in [0.5, 0.6) is 0 Å². The van der Waals surface area contributed by atoms with Gasteiger partial charge >= 0.3 is 33.6 Å². The summed E-state index contributed by atoms with van der Waals surface area (Å²) in [6.07, 6.45) is 88.9. The van der Waals surface area contributed by atoms with E-state index in [0.717, 1.165) is 141 Å². The average Bonchev–Trinajstić information content (AvgIpc) is 0.957. The maximum atomic E-state index is 12.9. The molecular weight excluding hydrogens is 1310 g/mol. The molecule has 5 unspecified atom stereocenters. The summed E-state index contributed by atoms with van der Waals surface area (Å²) in [6, 6.07) is 0. The standard InChI is InChI=1S/C83H146O16P2/c1-4-7-10-13-16-19-22-24-26-28-30-31-32-33-34-35-36-37-38-39-40-41-42-43-44-45-47-49-50-52-55-57-60-63-66-69-81(86)93-72-78(84)73-95-100(89,90)96-74-79(85)75-97-101(91,92)98-77-80(99-83(88)71-68-65-62-59-54-21-18-15-12-9-6-3)76-94-82(87)70-67-64-61-58-56-53-51-48-46-29-27-25-23-20-17-14-11-8-5-2/h8,11,15-20,24-27,30-31,33-34,46,48,78-80,84-85H,4-7,9-10,12-14,21-23,28-29,32,35-45,47,49-77H2,1-3H3,(H,89,90)(H,91,92)/b11-8-,18-15-,19-16-,20-17-,26-24-,27-25-,31-30-,34-33-,48-46-. The van der Waals surface area contributed by atoms with E-state index in [1.807, 2.05) is 0 Å². The van der Waals surface area contributed by atoms with Crippen LogP contribution in [0.15, 0.2) is 109 Å². The van der Waals surface area contributed by atoms with Crippen LogP contribution in [-0.2, 0) is 55.8 Å². The number of unbranched alkanes of at least 4 members (excludes halogenated alkanes) is 35. The zero-order chi connectivity index (χ0) is 73.7. The van der Waals surface area contributed by atoms with Gasteiger partial charge < -0.3 is 34.2 Å². The quantitative estimate of drug-likeness (QED) is 0.0146. The number of aliphatic hydroxyl groups is 2. The molecule has 18 heteroatoms. The van der Waals surface area contributed by atoms with Gasteiger partial charge in [0.15, 0.2) is 6.10 Å². The Kier molecular flexibility index (Phi) is 73.0. The van der Waals surface area contributed by atoms with E-state index in [1.165, 1.54) is 141 Å². The van der Waals surface area contributed by atoms with E-state index in [0.29, 0.717) is 19.3 Å². The summed E-state index contributed by atoms with van der Waals surface area (Å²) in [6.45, 7) is 2.49. The number of ether oxygens (including phenoxy) is 3. The second kappa shape index (κ2) is 75.9. The van der Waals surface area contributed by atoms with Crippen molar-refractivity contribution >= 4 is 33.6 Å². The van der Waals surface area contributed by atoms with E-state index in [4.69, 9.17) is 32.3 Å². The lowest BCUT2D eigenvalue weighted by atomic mass is 10.0. The number of phosphoric ester groups is 2. The minimum absolute atomic E-state index is 0.0903. The molecule has 584 valence electrons. The summed E-state index contributed by atoms with van der Waals surface area (Å²) in [7, 11) is -9.78. The van der Waals surface area contributed by atoms with Crippen LogP contribution in [0.1, 0.15) is 342 Å². The van der Waals surface area contributed by atoms with Crippen molar-refractivity contribution in [3.05, 3.63) is 109 Å². The molecule has 0 aromatic heterocycles. The molecule has 0 heterocycles. The van der Waals surface area contributed by atoms with Crippen LogP contribution < -0.4 is 0 Å². The predicted molar refractivity (Wildman–Crippen MR) is 417 cm³/mol. The Morgan fingerprint density at radius 1 is 0.287 bits per heavy atom. The van der Waals surface area contributed by atoms with Gasteiger partial charge in [-0.25, -0.2) is 9.13 Å². The Morgan fingerprint density at radius 3 is 0.871 bits per heavy atom. The molecule has 0 bridgehead atoms. The number of allylic oxidation sites excluding steroid dienone is 18. The number of hydrogen-bond donors (Lipinski definition) is 4. The normalized spacial score (nSPS) is 14.6. The first kappa shape index (κ1) is 97.2. The predicted octanol–water partition coefficient (Wildman–Crippen LogP) is 23.5. The third-order valence-electron chi connectivity index (χ3n) is 17.0. The number of carbonyl (C=O) groups is 3. The van der Waals surface area contributed by atoms with Gasteiger partial charge in [-0.3, -0.25) is 32.5 Å². The van der Waals surface area contributed by atoms with Crippen LogP contribution in [0.3, 0.4) is 0 Å². The summed E-state index contributed by atoms with van der Waals surface area (Å²) in [5.74, 6) is -1.59. The molecule has 16 nitrogen and oxygen atoms in total. The Morgan fingerprint density at radius 2 is 0.535 bits per heavy atom. The number of esters is 3. The second-order valence-electron chi connectivity index (χ2n) is 26.8. The topological polar surface area (TPSA) is 231 Å². The van der Waals surface area contributed by atoms with Crippen LogP contribution >= 0.6 is 15.6 Å². The molecule has 5 atom stereocenters. The lowest BCUT2D eigenvalue weighted by molar-refractivity contribution is -0.161. The van der Waals surface area contributed by atoms with Gasteiger partial charge in [0, 0.05) is 19.3 Å². The highest BCUT2D eigenvalue weighted by Crippen LogP contribution is 2.45. The maximum absolute atomic E-state index is 12.9. The van der Waals surface area contributed by atoms with Gasteiger partial charge in [-0.05, 0) is 122 Å². The fourth-order valence-electron chi connectivity index (χ4n) is 10.8. The fraction of sp³-hybridized carbons (Fsp3) is 0.747. The largest absolute Gasteiger partial charge is 0.472 e. The van der Waals surface area contributed by atoms with Crippen molar-refractivity contribution in [2.24, 2.45) is 0 Å². The van der Waals surface area contributed by atoms with Crippen LogP contribution in [0.2, 0.25) is 0 Å². The molecular formula is C83H146O16P2. The van der Waals surface area contributed by atoms with E-state index in [2.05, 4.69) is 130 Å². The third kappa shape index (κ3) is 77.1. The average molecular weight is 1460 g/mol. The number of phosphoric acid groups is 2. The zero-order valence-electron chi connectivity index (χ0n) is 63.8. The molecule has 0 saturated heterocycles. The monoisotopic (exact) mass is 1460 g/mol. The van der Waals surface area contributed by atoms with Crippen LogP contribution in [0.25, 0.3) is 0 Å². The molecule has 0 aromatic carbocycles. The van der Waals surface area contributed by atoms with Crippen molar-refractivity contribution in [1.29, 1.82) is 0 Å². The fourth-order valence-corrected chi connectivity index (χ4v) is 12.4. The lowest BCUT2D eigenvalue weighted by Crippen LogP contribution is -2.30. The Labute approximate surface area is 615 Å². The Balaban J connectivity index is 4.31. The minimum atomic E-state index is -4.93. The highest BCUT2D eigenvalue weighted by Gasteiger charge is 2.29. The van der Waals surface area contributed by atoms with Crippen molar-refractivity contribution in [2.75, 3.05) is 39.6 Å². The molecule has 0 aliphatic heterocycles. The molecule has 0 fully saturated rings. The van der Waals surface area contributed by atoms with Crippen molar-refractivity contribution in [3.63, 3.8) is 0 Å². The lowest BCUT2D eigenvalue weighted by Gasteiger charge is -2.21. The number of hydrogen-bond acceptors (Lipinski definition) is 14. The molecule has 0 rings (SSSR count). The molecule has 101 heavy (non-hydrogen) atoms.